The Balaban J connectivity index is 1.35. The zero-order valence-corrected chi connectivity index (χ0v) is 23.9. The van der Waals surface area contributed by atoms with Crippen LogP contribution in [-0.4, -0.2) is 21.6 Å². The van der Waals surface area contributed by atoms with E-state index in [2.05, 4.69) is 40.2 Å². The van der Waals surface area contributed by atoms with Crippen molar-refractivity contribution in [2.45, 2.75) is 31.3 Å². The highest BCUT2D eigenvalue weighted by Gasteiger charge is 2.47. The molecular weight excluding hydrogens is 558 g/mol. The minimum Gasteiger partial charge on any atom is -0.478 e. The van der Waals surface area contributed by atoms with Gasteiger partial charge in [-0.15, -0.1) is 0 Å². The third-order valence-electron chi connectivity index (χ3n) is 8.74. The third-order valence-corrected chi connectivity index (χ3v) is 8.74. The lowest BCUT2D eigenvalue weighted by molar-refractivity contribution is 0.0696. The number of hydrogen-bond acceptors (Lipinski definition) is 2. The highest BCUT2D eigenvalue weighted by molar-refractivity contribution is 6.08. The van der Waals surface area contributed by atoms with Crippen molar-refractivity contribution in [3.8, 4) is 11.1 Å². The average molecular weight is 587 g/mol. The molecule has 1 heterocycles. The van der Waals surface area contributed by atoms with E-state index in [1.807, 2.05) is 31.3 Å². The molecule has 0 saturated heterocycles. The van der Waals surface area contributed by atoms with Gasteiger partial charge >= 0.3 is 5.97 Å². The Kier molecular flexibility index (Phi) is 6.54. The number of carbonyl (C=O) groups excluding carboxylic acids is 1. The summed E-state index contributed by atoms with van der Waals surface area (Å²) in [6, 6.07) is 29.2. The molecule has 6 aromatic rings. The lowest BCUT2D eigenvalue weighted by Gasteiger charge is -2.23. The number of aromatic nitrogens is 1. The van der Waals surface area contributed by atoms with Crippen LogP contribution in [0, 0.1) is 11.6 Å². The van der Waals surface area contributed by atoms with Crippen molar-refractivity contribution in [2.24, 2.45) is 0 Å². The summed E-state index contributed by atoms with van der Waals surface area (Å²) in [4.78, 5) is 25.4. The fourth-order valence-corrected chi connectivity index (χ4v) is 6.22. The first-order chi connectivity index (χ1) is 21.2. The van der Waals surface area contributed by atoms with E-state index in [4.69, 9.17) is 0 Å². The first-order valence-corrected chi connectivity index (χ1v) is 14.5. The third kappa shape index (κ3) is 4.71. The summed E-state index contributed by atoms with van der Waals surface area (Å²) in [6.45, 7) is 1.82. The molecular formula is C37H28F2N2O3. The van der Waals surface area contributed by atoms with Gasteiger partial charge in [0.2, 0.25) is 0 Å². The minimum absolute atomic E-state index is 0.0710. The molecule has 1 saturated carbocycles. The van der Waals surface area contributed by atoms with Gasteiger partial charge in [0.1, 0.15) is 11.6 Å². The summed E-state index contributed by atoms with van der Waals surface area (Å²) in [5, 5.41) is 15.3. The van der Waals surface area contributed by atoms with Crippen molar-refractivity contribution in [1.29, 1.82) is 0 Å². The van der Waals surface area contributed by atoms with Gasteiger partial charge in [-0.25, -0.2) is 13.6 Å². The zero-order chi connectivity index (χ0) is 30.6. The standard InChI is InChI=1S/C37H28F2N2O3/c1-22(23-6-8-25(9-7-23)36(43)44)40-35(42)32-20-28(31-21-30(38)12-13-33(31)39)18-27-14-17-41(34(27)32)37(15-16-37)29-11-10-24-4-2-3-5-26(24)19-29/h2-14,17-22H,15-16H2,1H3,(H,40,42)(H,43,44)/t22-/m0/s1. The van der Waals surface area contributed by atoms with E-state index in [-0.39, 0.29) is 22.6 Å². The second-order valence-corrected chi connectivity index (χ2v) is 11.5. The Morgan fingerprint density at radius 1 is 0.841 bits per heavy atom. The molecule has 7 rings (SSSR count). The van der Waals surface area contributed by atoms with Crippen LogP contribution in [0.4, 0.5) is 8.78 Å². The van der Waals surface area contributed by atoms with Crippen LogP contribution in [0.1, 0.15) is 57.7 Å². The van der Waals surface area contributed by atoms with Crippen molar-refractivity contribution in [2.75, 3.05) is 0 Å². The van der Waals surface area contributed by atoms with Crippen molar-refractivity contribution < 1.29 is 23.5 Å². The Morgan fingerprint density at radius 3 is 2.32 bits per heavy atom. The van der Waals surface area contributed by atoms with Gasteiger partial charge in [0.25, 0.3) is 5.91 Å². The Morgan fingerprint density at radius 2 is 1.59 bits per heavy atom. The van der Waals surface area contributed by atoms with Crippen LogP contribution in [-0.2, 0) is 5.54 Å². The van der Waals surface area contributed by atoms with Gasteiger partial charge in [-0.1, -0.05) is 48.5 Å². The van der Waals surface area contributed by atoms with E-state index in [9.17, 15) is 23.5 Å². The number of halogens is 2. The molecule has 5 nitrogen and oxygen atoms in total. The molecule has 0 unspecified atom stereocenters. The average Bonchev–Trinajstić information content (AvgIpc) is 3.73. The van der Waals surface area contributed by atoms with E-state index < -0.39 is 23.6 Å². The Bertz CT molecular complexity index is 2090. The predicted octanol–water partition coefficient (Wildman–Crippen LogP) is 8.47. The molecule has 1 aliphatic carbocycles. The molecule has 1 aromatic heterocycles. The second-order valence-electron chi connectivity index (χ2n) is 11.5. The smallest absolute Gasteiger partial charge is 0.335 e. The molecule has 0 radical (unpaired) electrons. The molecule has 0 aliphatic heterocycles. The largest absolute Gasteiger partial charge is 0.478 e. The highest BCUT2D eigenvalue weighted by atomic mass is 19.1. The molecule has 7 heteroatoms. The molecule has 0 bridgehead atoms. The van der Waals surface area contributed by atoms with Crippen LogP contribution in [0.25, 0.3) is 32.8 Å². The summed E-state index contributed by atoms with van der Waals surface area (Å²) in [5.41, 5.74) is 3.21. The molecule has 5 aromatic carbocycles. The summed E-state index contributed by atoms with van der Waals surface area (Å²) in [6.07, 6.45) is 3.76. The highest BCUT2D eigenvalue weighted by Crippen LogP contribution is 2.52. The van der Waals surface area contributed by atoms with Gasteiger partial charge in [0, 0.05) is 17.1 Å². The molecule has 1 fully saturated rings. The number of hydrogen-bond donors (Lipinski definition) is 2. The molecule has 1 aliphatic rings. The van der Waals surface area contributed by atoms with E-state index in [0.717, 1.165) is 58.3 Å². The number of nitrogens with zero attached hydrogens (tertiary/aromatic N) is 1. The molecule has 0 spiro atoms. The van der Waals surface area contributed by atoms with Crippen molar-refractivity contribution >= 4 is 33.6 Å². The predicted molar refractivity (Wildman–Crippen MR) is 167 cm³/mol. The van der Waals surface area contributed by atoms with E-state index in [0.29, 0.717) is 16.6 Å². The Hall–Kier alpha value is -5.30. The molecule has 218 valence electrons. The van der Waals surface area contributed by atoms with Crippen molar-refractivity contribution in [3.63, 3.8) is 0 Å². The van der Waals surface area contributed by atoms with Gasteiger partial charge in [0.15, 0.2) is 0 Å². The lowest BCUT2D eigenvalue weighted by Crippen LogP contribution is -2.28. The van der Waals surface area contributed by atoms with E-state index >= 15 is 0 Å². The molecule has 2 N–H and O–H groups in total. The summed E-state index contributed by atoms with van der Waals surface area (Å²) >= 11 is 0. The number of benzene rings is 5. The van der Waals surface area contributed by atoms with Gasteiger partial charge in [-0.2, -0.15) is 0 Å². The van der Waals surface area contributed by atoms with Crippen LogP contribution >= 0.6 is 0 Å². The normalized spacial score (nSPS) is 14.4. The van der Waals surface area contributed by atoms with E-state index in [1.54, 1.807) is 24.3 Å². The van der Waals surface area contributed by atoms with Crippen LogP contribution in [0.3, 0.4) is 0 Å². The number of aromatic carboxylic acids is 1. The number of nitrogens with one attached hydrogen (secondary N) is 1. The van der Waals surface area contributed by atoms with Gasteiger partial charge in [-0.05, 0) is 102 Å². The van der Waals surface area contributed by atoms with Crippen LogP contribution in [0.15, 0.2) is 109 Å². The van der Waals surface area contributed by atoms with Crippen LogP contribution < -0.4 is 5.32 Å². The first kappa shape index (κ1) is 27.5. The maximum atomic E-state index is 14.9. The number of carbonyl (C=O) groups is 2. The van der Waals surface area contributed by atoms with Crippen molar-refractivity contribution in [3.05, 3.63) is 143 Å². The Labute approximate surface area is 252 Å². The topological polar surface area (TPSA) is 71.3 Å². The maximum absolute atomic E-state index is 14.9. The first-order valence-electron chi connectivity index (χ1n) is 14.5. The molecule has 1 atom stereocenters. The zero-order valence-electron chi connectivity index (χ0n) is 23.9. The van der Waals surface area contributed by atoms with E-state index in [1.165, 1.54) is 12.1 Å². The quantitative estimate of drug-likeness (QED) is 0.197. The number of carboxylic acids is 1. The molecule has 1 amide bonds. The number of fused-ring (bicyclic) bond motifs is 2. The lowest BCUT2D eigenvalue weighted by atomic mass is 9.97. The number of rotatable bonds is 7. The van der Waals surface area contributed by atoms with Crippen molar-refractivity contribution in [1.82, 2.24) is 9.88 Å². The summed E-state index contributed by atoms with van der Waals surface area (Å²) < 4.78 is 31.3. The second kappa shape index (κ2) is 10.5. The molecule has 44 heavy (non-hydrogen) atoms. The maximum Gasteiger partial charge on any atom is 0.335 e. The van der Waals surface area contributed by atoms with Gasteiger partial charge in [0.05, 0.1) is 28.2 Å². The monoisotopic (exact) mass is 586 g/mol. The van der Waals surface area contributed by atoms with Gasteiger partial charge in [-0.3, -0.25) is 4.79 Å². The number of carboxylic acid groups (broad SMARTS) is 1. The van der Waals surface area contributed by atoms with Gasteiger partial charge < -0.3 is 15.0 Å². The summed E-state index contributed by atoms with van der Waals surface area (Å²) in [7, 11) is 0. The minimum atomic E-state index is -1.03. The van der Waals surface area contributed by atoms with Crippen LogP contribution in [0.2, 0.25) is 0 Å². The fourth-order valence-electron chi connectivity index (χ4n) is 6.22. The van der Waals surface area contributed by atoms with Crippen LogP contribution in [0.5, 0.6) is 0 Å². The SMILES string of the molecule is C[C@H](NC(=O)c1cc(-c2cc(F)ccc2F)cc2ccn(C3(c4ccc5ccccc5c4)CC3)c12)c1ccc(C(=O)O)cc1. The summed E-state index contributed by atoms with van der Waals surface area (Å²) in [5.74, 6) is -2.56. The number of amides is 1. The fraction of sp³-hybridized carbons (Fsp3) is 0.135.